The van der Waals surface area contributed by atoms with E-state index in [-0.39, 0.29) is 0 Å². The average Bonchev–Trinajstić information content (AvgIpc) is 2.70. The number of alkyl halides is 2. The van der Waals surface area contributed by atoms with E-state index in [0.29, 0.717) is 4.68 Å². The lowest BCUT2D eigenvalue weighted by atomic mass is 9.97. The highest BCUT2D eigenvalue weighted by Crippen LogP contribution is 2.43. The van der Waals surface area contributed by atoms with Gasteiger partial charge in [-0.15, -0.1) is 0 Å². The molecule has 2 heterocycles. The molecule has 1 saturated heterocycles. The second kappa shape index (κ2) is 6.18. The van der Waals surface area contributed by atoms with Crippen LogP contribution in [0.1, 0.15) is 13.2 Å². The Morgan fingerprint density at radius 1 is 1.68 bits per heavy atom. The smallest absolute Gasteiger partial charge is 0.347 e. The van der Waals surface area contributed by atoms with Gasteiger partial charge in [0.2, 0.25) is 0 Å². The summed E-state index contributed by atoms with van der Waals surface area (Å²) in [6.45, 7) is 0.320. The van der Waals surface area contributed by atoms with Crippen molar-refractivity contribution < 1.29 is 19.3 Å². The SMILES string of the molecule is C[C@@H](O)[C@H]1O[C@@H](n2ncc(=O)[nH]c2=O)[C@@](Cl)(C#CCF)C1O. The highest BCUT2D eigenvalue weighted by Gasteiger charge is 2.57. The first-order chi connectivity index (χ1) is 10.3. The summed E-state index contributed by atoms with van der Waals surface area (Å²) in [7, 11) is 0. The van der Waals surface area contributed by atoms with Gasteiger partial charge >= 0.3 is 5.69 Å². The van der Waals surface area contributed by atoms with Crippen LogP contribution in [-0.2, 0) is 4.74 Å². The van der Waals surface area contributed by atoms with Crippen LogP contribution >= 0.6 is 11.6 Å². The molecule has 0 radical (unpaired) electrons. The Morgan fingerprint density at radius 3 is 2.91 bits per heavy atom. The fraction of sp³-hybridized carbons (Fsp3) is 0.583. The monoisotopic (exact) mass is 333 g/mol. The van der Waals surface area contributed by atoms with Gasteiger partial charge in [-0.05, 0) is 6.92 Å². The first-order valence-electron chi connectivity index (χ1n) is 6.26. The van der Waals surface area contributed by atoms with Crippen LogP contribution in [0.2, 0.25) is 0 Å². The molecule has 1 aliphatic rings. The molecule has 1 aliphatic heterocycles. The number of nitrogens with one attached hydrogen (secondary N) is 1. The normalized spacial score (nSPS) is 32.3. The number of H-pyrrole nitrogens is 1. The predicted molar refractivity (Wildman–Crippen MR) is 73.1 cm³/mol. The van der Waals surface area contributed by atoms with Gasteiger partial charge in [0.15, 0.2) is 11.1 Å². The van der Waals surface area contributed by atoms with Crippen molar-refractivity contribution in [2.24, 2.45) is 0 Å². The summed E-state index contributed by atoms with van der Waals surface area (Å²) in [5, 5.41) is 23.4. The molecule has 1 unspecified atom stereocenters. The first-order valence-corrected chi connectivity index (χ1v) is 6.63. The zero-order valence-corrected chi connectivity index (χ0v) is 12.1. The van der Waals surface area contributed by atoms with E-state index >= 15 is 0 Å². The largest absolute Gasteiger partial charge is 0.391 e. The number of aromatic amines is 1. The molecule has 120 valence electrons. The van der Waals surface area contributed by atoms with Crippen molar-refractivity contribution in [1.82, 2.24) is 14.8 Å². The molecule has 2 rings (SSSR count). The topological polar surface area (TPSA) is 117 Å². The summed E-state index contributed by atoms with van der Waals surface area (Å²) < 4.78 is 18.4. The predicted octanol–water partition coefficient (Wildman–Crippen LogP) is -1.48. The van der Waals surface area contributed by atoms with E-state index in [1.54, 1.807) is 0 Å². The van der Waals surface area contributed by atoms with Crippen molar-refractivity contribution in [3.63, 3.8) is 0 Å². The zero-order chi connectivity index (χ0) is 16.5. The standard InChI is InChI=1S/C12H13ClFN3O5/c1-6(18)8-9(20)12(13,3-2-4-14)10(22-8)17-11(21)16-7(19)5-15-17/h5-6,8-10,18,20H,4H2,1H3,(H,16,19,21)/t6-,8-,9?,10-,12-/m1/s1. The zero-order valence-electron chi connectivity index (χ0n) is 11.4. The Balaban J connectivity index is 2.55. The van der Waals surface area contributed by atoms with E-state index < -0.39 is 47.3 Å². The maximum atomic E-state index is 12.3. The van der Waals surface area contributed by atoms with Crippen molar-refractivity contribution in [3.05, 3.63) is 27.0 Å². The average molecular weight is 334 g/mol. The number of aromatic nitrogens is 3. The molecule has 0 amide bonds. The molecule has 0 aromatic carbocycles. The van der Waals surface area contributed by atoms with Crippen LogP contribution < -0.4 is 11.2 Å². The van der Waals surface area contributed by atoms with Crippen LogP contribution in [0.25, 0.3) is 0 Å². The number of hydrogen-bond acceptors (Lipinski definition) is 6. The Hall–Kier alpha value is -1.73. The van der Waals surface area contributed by atoms with Gasteiger partial charge in [0, 0.05) is 0 Å². The van der Waals surface area contributed by atoms with Crippen molar-refractivity contribution in [1.29, 1.82) is 0 Å². The second-order valence-electron chi connectivity index (χ2n) is 4.73. The molecular formula is C12H13ClFN3O5. The minimum atomic E-state index is -1.91. The van der Waals surface area contributed by atoms with E-state index in [1.165, 1.54) is 6.92 Å². The Bertz CT molecular complexity index is 724. The van der Waals surface area contributed by atoms with E-state index in [9.17, 15) is 24.2 Å². The summed E-state index contributed by atoms with van der Waals surface area (Å²) in [6, 6.07) is 0. The van der Waals surface area contributed by atoms with Gasteiger partial charge in [0.25, 0.3) is 5.56 Å². The van der Waals surface area contributed by atoms with Gasteiger partial charge in [-0.3, -0.25) is 9.78 Å². The van der Waals surface area contributed by atoms with Gasteiger partial charge in [0.1, 0.15) is 25.1 Å². The van der Waals surface area contributed by atoms with Crippen LogP contribution in [0.15, 0.2) is 15.8 Å². The molecule has 0 aliphatic carbocycles. The number of halogens is 2. The summed E-state index contributed by atoms with van der Waals surface area (Å²) in [5.41, 5.74) is -1.68. The third-order valence-electron chi connectivity index (χ3n) is 3.17. The Labute approximate surface area is 128 Å². The lowest BCUT2D eigenvalue weighted by molar-refractivity contribution is -0.0810. The summed E-state index contributed by atoms with van der Waals surface area (Å²) in [6.07, 6.45) is -4.43. The third kappa shape index (κ3) is 2.78. The van der Waals surface area contributed by atoms with Crippen molar-refractivity contribution in [2.45, 2.75) is 36.3 Å². The number of ether oxygens (including phenoxy) is 1. The van der Waals surface area contributed by atoms with Gasteiger partial charge in [0.05, 0.1) is 6.10 Å². The molecule has 22 heavy (non-hydrogen) atoms. The number of hydrogen-bond donors (Lipinski definition) is 3. The second-order valence-corrected chi connectivity index (χ2v) is 5.35. The molecule has 0 spiro atoms. The first kappa shape index (κ1) is 16.6. The molecule has 5 atom stereocenters. The van der Waals surface area contributed by atoms with E-state index in [1.807, 2.05) is 4.98 Å². The van der Waals surface area contributed by atoms with Gasteiger partial charge in [-0.1, -0.05) is 23.4 Å². The van der Waals surface area contributed by atoms with Crippen molar-refractivity contribution >= 4 is 11.6 Å². The number of aliphatic hydroxyl groups is 2. The maximum Gasteiger partial charge on any atom is 0.347 e. The maximum absolute atomic E-state index is 12.3. The van der Waals surface area contributed by atoms with Crippen LogP contribution in [0.5, 0.6) is 0 Å². The van der Waals surface area contributed by atoms with E-state index in [2.05, 4.69) is 16.9 Å². The molecule has 0 saturated carbocycles. The fourth-order valence-electron chi connectivity index (χ4n) is 2.15. The summed E-state index contributed by atoms with van der Waals surface area (Å²) in [4.78, 5) is 22.9. The number of nitrogens with zero attached hydrogens (tertiary/aromatic N) is 2. The summed E-state index contributed by atoms with van der Waals surface area (Å²) in [5.74, 6) is 4.36. The van der Waals surface area contributed by atoms with Gasteiger partial charge in [-0.25, -0.2) is 9.18 Å². The van der Waals surface area contributed by atoms with E-state index in [4.69, 9.17) is 16.3 Å². The quantitative estimate of drug-likeness (QED) is 0.449. The van der Waals surface area contributed by atoms with Crippen LogP contribution in [0.4, 0.5) is 4.39 Å². The van der Waals surface area contributed by atoms with Gasteiger partial charge in [-0.2, -0.15) is 9.78 Å². The minimum Gasteiger partial charge on any atom is -0.391 e. The highest BCUT2D eigenvalue weighted by atomic mass is 35.5. The molecule has 1 fully saturated rings. The van der Waals surface area contributed by atoms with Gasteiger partial charge < -0.3 is 14.9 Å². The molecule has 10 heteroatoms. The lowest BCUT2D eigenvalue weighted by Crippen LogP contribution is -2.46. The van der Waals surface area contributed by atoms with Crippen molar-refractivity contribution in [3.8, 4) is 11.8 Å². The summed E-state index contributed by atoms with van der Waals surface area (Å²) >= 11 is 6.23. The van der Waals surface area contributed by atoms with Crippen LogP contribution in [-0.4, -0.2) is 54.8 Å². The number of rotatable bonds is 2. The fourth-order valence-corrected chi connectivity index (χ4v) is 2.49. The van der Waals surface area contributed by atoms with Crippen LogP contribution in [0.3, 0.4) is 0 Å². The number of aliphatic hydroxyl groups excluding tert-OH is 2. The molecule has 3 N–H and O–H groups in total. The minimum absolute atomic E-state index is 0.674. The van der Waals surface area contributed by atoms with Crippen LogP contribution in [0, 0.1) is 11.8 Å². The van der Waals surface area contributed by atoms with E-state index in [0.717, 1.165) is 6.20 Å². The van der Waals surface area contributed by atoms with Crippen molar-refractivity contribution in [2.75, 3.05) is 6.67 Å². The highest BCUT2D eigenvalue weighted by molar-refractivity contribution is 6.27. The molecule has 8 nitrogen and oxygen atoms in total. The Morgan fingerprint density at radius 2 is 2.36 bits per heavy atom. The third-order valence-corrected chi connectivity index (χ3v) is 3.67. The molecule has 1 aromatic heterocycles. The molecular weight excluding hydrogens is 321 g/mol. The molecule has 1 aromatic rings. The Kier molecular flexibility index (Phi) is 4.67. The lowest BCUT2D eigenvalue weighted by Gasteiger charge is -2.24. The molecule has 0 bridgehead atoms.